The van der Waals surface area contributed by atoms with E-state index in [9.17, 15) is 14.4 Å². The molecule has 8 heteroatoms. The number of ether oxygens (including phenoxy) is 1. The minimum Gasteiger partial charge on any atom is -0.373 e. The second-order valence-electron chi connectivity index (χ2n) is 4.13. The predicted octanol–water partition coefficient (Wildman–Crippen LogP) is 2.40. The van der Waals surface area contributed by atoms with Gasteiger partial charge >= 0.3 is 18.1 Å². The fourth-order valence-electron chi connectivity index (χ4n) is 1.69. The van der Waals surface area contributed by atoms with Crippen molar-refractivity contribution in [2.45, 2.75) is 0 Å². The summed E-state index contributed by atoms with van der Waals surface area (Å²) in [6, 6.07) is 10.3. The van der Waals surface area contributed by atoms with Gasteiger partial charge in [0.25, 0.3) is 0 Å². The lowest BCUT2D eigenvalue weighted by molar-refractivity contribution is 0.0640. The number of carbonyl (C=O) groups excluding carboxylic acids is 3. The van der Waals surface area contributed by atoms with Gasteiger partial charge in [0.2, 0.25) is 0 Å². The molecule has 0 aliphatic carbocycles. The van der Waals surface area contributed by atoms with Crippen molar-refractivity contribution in [1.82, 2.24) is 5.32 Å². The first-order valence-corrected chi connectivity index (χ1v) is 7.02. The van der Waals surface area contributed by atoms with E-state index in [1.807, 2.05) is 30.3 Å². The van der Waals surface area contributed by atoms with Crippen LogP contribution in [0, 0.1) is 0 Å². The van der Waals surface area contributed by atoms with Crippen molar-refractivity contribution in [2.24, 2.45) is 5.73 Å². The number of primary amides is 1. The number of esters is 1. The molecule has 0 radical (unpaired) electrons. The summed E-state index contributed by atoms with van der Waals surface area (Å²) in [6.07, 6.45) is -1.21. The zero-order chi connectivity index (χ0) is 16.1. The number of benzene rings is 1. The van der Waals surface area contributed by atoms with E-state index in [2.05, 4.69) is 15.4 Å². The Morgan fingerprint density at radius 1 is 1.18 bits per heavy atom. The molecule has 0 saturated heterocycles. The van der Waals surface area contributed by atoms with Crippen molar-refractivity contribution in [3.63, 3.8) is 0 Å². The molecular formula is C14H13N3O4S. The van der Waals surface area contributed by atoms with Gasteiger partial charge in [-0.25, -0.2) is 14.4 Å². The first-order valence-electron chi connectivity index (χ1n) is 6.21. The average molecular weight is 319 g/mol. The molecule has 4 N–H and O–H groups in total. The van der Waals surface area contributed by atoms with Crippen molar-refractivity contribution in [1.29, 1.82) is 0 Å². The van der Waals surface area contributed by atoms with Crippen LogP contribution in [0.2, 0.25) is 0 Å². The quantitative estimate of drug-likeness (QED) is 0.596. The standard InChI is InChI=1S/C14H13N3O4S/c1-16-14(20)17-11-9(12(18)21-13(15)19)7-10(22-11)8-5-3-2-4-6-8/h2-7H,1H3,(H2,15,19)(H2,16,17,20). The Morgan fingerprint density at radius 2 is 1.86 bits per heavy atom. The van der Waals surface area contributed by atoms with Gasteiger partial charge < -0.3 is 15.8 Å². The van der Waals surface area contributed by atoms with Crippen LogP contribution in [0.1, 0.15) is 10.4 Å². The molecule has 1 aromatic carbocycles. The molecule has 1 aromatic heterocycles. The van der Waals surface area contributed by atoms with Crippen LogP contribution in [-0.4, -0.2) is 25.1 Å². The van der Waals surface area contributed by atoms with Gasteiger partial charge in [0.1, 0.15) is 5.00 Å². The summed E-state index contributed by atoms with van der Waals surface area (Å²) in [5.74, 6) is -0.919. The van der Waals surface area contributed by atoms with Gasteiger partial charge in [0, 0.05) is 11.9 Å². The molecular weight excluding hydrogens is 306 g/mol. The molecule has 114 valence electrons. The van der Waals surface area contributed by atoms with E-state index in [1.165, 1.54) is 24.5 Å². The van der Waals surface area contributed by atoms with Crippen LogP contribution in [0.5, 0.6) is 0 Å². The highest BCUT2D eigenvalue weighted by Crippen LogP contribution is 2.35. The maximum absolute atomic E-state index is 11.9. The second-order valence-corrected chi connectivity index (χ2v) is 5.18. The lowest BCUT2D eigenvalue weighted by Crippen LogP contribution is -2.25. The third kappa shape index (κ3) is 3.61. The highest BCUT2D eigenvalue weighted by Gasteiger charge is 2.21. The Bertz CT molecular complexity index is 712. The molecule has 0 bridgehead atoms. The molecule has 0 spiro atoms. The van der Waals surface area contributed by atoms with Gasteiger partial charge in [-0.15, -0.1) is 11.3 Å². The maximum atomic E-state index is 11.9. The number of anilines is 1. The number of nitrogens with two attached hydrogens (primary N) is 1. The third-order valence-electron chi connectivity index (χ3n) is 2.66. The largest absolute Gasteiger partial charge is 0.412 e. The van der Waals surface area contributed by atoms with E-state index < -0.39 is 18.1 Å². The summed E-state index contributed by atoms with van der Waals surface area (Å²) < 4.78 is 4.38. The lowest BCUT2D eigenvalue weighted by Gasteiger charge is -2.03. The Hall–Kier alpha value is -2.87. The number of thiophene rings is 1. The van der Waals surface area contributed by atoms with Crippen molar-refractivity contribution < 1.29 is 19.1 Å². The normalized spacial score (nSPS) is 9.86. The molecule has 0 atom stereocenters. The van der Waals surface area contributed by atoms with Crippen molar-refractivity contribution >= 4 is 34.4 Å². The van der Waals surface area contributed by atoms with E-state index in [0.717, 1.165) is 10.4 Å². The minimum atomic E-state index is -1.21. The van der Waals surface area contributed by atoms with E-state index in [0.29, 0.717) is 0 Å². The molecule has 0 unspecified atom stereocenters. The number of hydrogen-bond acceptors (Lipinski definition) is 5. The lowest BCUT2D eigenvalue weighted by atomic mass is 10.1. The minimum absolute atomic E-state index is 0.0613. The first-order chi connectivity index (χ1) is 10.5. The van der Waals surface area contributed by atoms with Crippen LogP contribution in [0.3, 0.4) is 0 Å². The molecule has 2 rings (SSSR count). The van der Waals surface area contributed by atoms with E-state index in [4.69, 9.17) is 5.73 Å². The molecule has 0 fully saturated rings. The molecule has 2 aromatic rings. The van der Waals surface area contributed by atoms with Crippen LogP contribution in [0.4, 0.5) is 14.6 Å². The molecule has 0 aliphatic rings. The number of urea groups is 1. The molecule has 0 aliphatic heterocycles. The van der Waals surface area contributed by atoms with Crippen LogP contribution >= 0.6 is 11.3 Å². The molecule has 3 amide bonds. The number of carbonyl (C=O) groups is 3. The van der Waals surface area contributed by atoms with Crippen molar-refractivity contribution in [3.8, 4) is 10.4 Å². The molecule has 22 heavy (non-hydrogen) atoms. The number of nitrogens with one attached hydrogen (secondary N) is 2. The zero-order valence-electron chi connectivity index (χ0n) is 11.6. The number of amides is 3. The highest BCUT2D eigenvalue weighted by atomic mass is 32.1. The van der Waals surface area contributed by atoms with Gasteiger partial charge in [-0.05, 0) is 11.6 Å². The Morgan fingerprint density at radius 3 is 2.45 bits per heavy atom. The molecule has 0 saturated carbocycles. The first kappa shape index (κ1) is 15.5. The summed E-state index contributed by atoms with van der Waals surface area (Å²) in [6.45, 7) is 0. The second kappa shape index (κ2) is 6.72. The monoisotopic (exact) mass is 319 g/mol. The fourth-order valence-corrected chi connectivity index (χ4v) is 2.74. The zero-order valence-corrected chi connectivity index (χ0v) is 12.4. The van der Waals surface area contributed by atoms with Gasteiger partial charge in [-0.2, -0.15) is 0 Å². The fraction of sp³-hybridized carbons (Fsp3) is 0.0714. The highest BCUT2D eigenvalue weighted by molar-refractivity contribution is 7.20. The van der Waals surface area contributed by atoms with E-state index in [-0.39, 0.29) is 10.6 Å². The number of rotatable bonds is 3. The van der Waals surface area contributed by atoms with Crippen LogP contribution < -0.4 is 16.4 Å². The topological polar surface area (TPSA) is 111 Å². The van der Waals surface area contributed by atoms with E-state index in [1.54, 1.807) is 0 Å². The van der Waals surface area contributed by atoms with Gasteiger partial charge in [-0.3, -0.25) is 5.32 Å². The third-order valence-corrected chi connectivity index (χ3v) is 3.76. The summed E-state index contributed by atoms with van der Waals surface area (Å²) >= 11 is 1.19. The molecule has 7 nitrogen and oxygen atoms in total. The molecule has 1 heterocycles. The van der Waals surface area contributed by atoms with Crippen LogP contribution in [-0.2, 0) is 4.74 Å². The Kier molecular flexibility index (Phi) is 4.74. The van der Waals surface area contributed by atoms with Crippen molar-refractivity contribution in [3.05, 3.63) is 42.0 Å². The predicted molar refractivity (Wildman–Crippen MR) is 82.8 cm³/mol. The summed E-state index contributed by atoms with van der Waals surface area (Å²) in [5, 5.41) is 5.17. The summed E-state index contributed by atoms with van der Waals surface area (Å²) in [7, 11) is 1.45. The van der Waals surface area contributed by atoms with Crippen LogP contribution in [0.25, 0.3) is 10.4 Å². The SMILES string of the molecule is CNC(=O)Nc1sc(-c2ccccc2)cc1C(=O)OC(N)=O. The average Bonchev–Trinajstić information content (AvgIpc) is 2.91. The van der Waals surface area contributed by atoms with Gasteiger partial charge in [0.05, 0.1) is 5.56 Å². The Labute approximate surface area is 130 Å². The van der Waals surface area contributed by atoms with Gasteiger partial charge in [0.15, 0.2) is 0 Å². The Balaban J connectivity index is 2.40. The summed E-state index contributed by atoms with van der Waals surface area (Å²) in [5.41, 5.74) is 5.78. The smallest absolute Gasteiger partial charge is 0.373 e. The van der Waals surface area contributed by atoms with Crippen LogP contribution in [0.15, 0.2) is 36.4 Å². The summed E-state index contributed by atoms with van der Waals surface area (Å²) in [4.78, 5) is 34.8. The van der Waals surface area contributed by atoms with E-state index >= 15 is 0 Å². The maximum Gasteiger partial charge on any atom is 0.412 e. The number of hydrogen-bond donors (Lipinski definition) is 3. The van der Waals surface area contributed by atoms with Crippen molar-refractivity contribution in [2.75, 3.05) is 12.4 Å². The van der Waals surface area contributed by atoms with Gasteiger partial charge in [-0.1, -0.05) is 30.3 Å².